The summed E-state index contributed by atoms with van der Waals surface area (Å²) < 4.78 is 1.05. The average molecular weight is 362 g/mol. The maximum Gasteiger partial charge on any atom is 0.270 e. The molecule has 0 aliphatic rings. The van der Waals surface area contributed by atoms with Crippen LogP contribution in [0.15, 0.2) is 41.0 Å². The molecule has 1 unspecified atom stereocenters. The molecule has 2 aromatic rings. The highest BCUT2D eigenvalue weighted by Gasteiger charge is 2.09. The number of aryl methyl sites for hydroxylation is 1. The van der Waals surface area contributed by atoms with Crippen LogP contribution in [0.1, 0.15) is 36.3 Å². The van der Waals surface area contributed by atoms with Crippen molar-refractivity contribution in [3.05, 3.63) is 52.3 Å². The van der Waals surface area contributed by atoms with Crippen LogP contribution in [0.25, 0.3) is 0 Å². The third kappa shape index (κ3) is 4.31. The lowest BCUT2D eigenvalue weighted by Crippen LogP contribution is -2.32. The number of hydrogen-bond donors (Lipinski definition) is 2. The maximum atomic E-state index is 12.0. The lowest BCUT2D eigenvalue weighted by Gasteiger charge is -2.12. The Morgan fingerprint density at radius 2 is 2.09 bits per heavy atom. The standard InChI is InChI=1S/C17H20BrN3O/c1-4-12(3)20-17(22)16-8-6-14(10-19-16)21-15-7-5-13(18)9-11(15)2/h5-10,12,21H,4H2,1-3H3,(H,20,22). The fourth-order valence-electron chi connectivity index (χ4n) is 1.92. The zero-order chi connectivity index (χ0) is 16.1. The van der Waals surface area contributed by atoms with Gasteiger partial charge >= 0.3 is 0 Å². The van der Waals surface area contributed by atoms with Crippen molar-refractivity contribution < 1.29 is 4.79 Å². The third-order valence-electron chi connectivity index (χ3n) is 3.45. The molecule has 2 rings (SSSR count). The first-order valence-electron chi connectivity index (χ1n) is 7.29. The minimum absolute atomic E-state index is 0.138. The van der Waals surface area contributed by atoms with Gasteiger partial charge in [0, 0.05) is 16.2 Å². The van der Waals surface area contributed by atoms with Crippen LogP contribution in [-0.2, 0) is 0 Å². The maximum absolute atomic E-state index is 12.0. The van der Waals surface area contributed by atoms with Gasteiger partial charge in [-0.25, -0.2) is 4.98 Å². The summed E-state index contributed by atoms with van der Waals surface area (Å²) in [5.74, 6) is -0.138. The van der Waals surface area contributed by atoms with Gasteiger partial charge in [-0.3, -0.25) is 4.79 Å². The van der Waals surface area contributed by atoms with Gasteiger partial charge in [0.05, 0.1) is 11.9 Å². The molecular formula is C17H20BrN3O. The minimum atomic E-state index is -0.138. The first kappa shape index (κ1) is 16.5. The smallest absolute Gasteiger partial charge is 0.270 e. The predicted octanol–water partition coefficient (Wildman–Crippen LogP) is 4.42. The molecule has 1 heterocycles. The number of hydrogen-bond acceptors (Lipinski definition) is 3. The van der Waals surface area contributed by atoms with E-state index in [1.807, 2.05) is 45.0 Å². The van der Waals surface area contributed by atoms with Gasteiger partial charge in [-0.2, -0.15) is 0 Å². The van der Waals surface area contributed by atoms with E-state index in [1.165, 1.54) is 0 Å². The van der Waals surface area contributed by atoms with Crippen molar-refractivity contribution in [2.24, 2.45) is 0 Å². The summed E-state index contributed by atoms with van der Waals surface area (Å²) in [4.78, 5) is 16.2. The van der Waals surface area contributed by atoms with Crippen LogP contribution in [0.4, 0.5) is 11.4 Å². The summed E-state index contributed by atoms with van der Waals surface area (Å²) in [6.07, 6.45) is 2.57. The molecule has 1 amide bonds. The van der Waals surface area contributed by atoms with Crippen LogP contribution < -0.4 is 10.6 Å². The largest absolute Gasteiger partial charge is 0.354 e. The molecule has 0 aliphatic heterocycles. The molecule has 2 N–H and O–H groups in total. The molecule has 5 heteroatoms. The van der Waals surface area contributed by atoms with E-state index in [0.29, 0.717) is 5.69 Å². The number of halogens is 1. The number of nitrogens with zero attached hydrogens (tertiary/aromatic N) is 1. The Balaban J connectivity index is 2.07. The van der Waals surface area contributed by atoms with E-state index in [1.54, 1.807) is 12.3 Å². The lowest BCUT2D eigenvalue weighted by molar-refractivity contribution is 0.0934. The van der Waals surface area contributed by atoms with E-state index in [0.717, 1.165) is 27.8 Å². The Kier molecular flexibility index (Phi) is 5.55. The van der Waals surface area contributed by atoms with Gasteiger partial charge in [0.1, 0.15) is 5.69 Å². The number of carbonyl (C=O) groups is 1. The number of amides is 1. The van der Waals surface area contributed by atoms with Crippen LogP contribution in [0, 0.1) is 6.92 Å². The molecule has 0 fully saturated rings. The number of benzene rings is 1. The highest BCUT2D eigenvalue weighted by Crippen LogP contribution is 2.23. The Labute approximate surface area is 139 Å². The van der Waals surface area contributed by atoms with Gasteiger partial charge in [0.25, 0.3) is 5.91 Å². The van der Waals surface area contributed by atoms with Crippen molar-refractivity contribution in [3.8, 4) is 0 Å². The Morgan fingerprint density at radius 3 is 2.68 bits per heavy atom. The van der Waals surface area contributed by atoms with Crippen LogP contribution in [0.5, 0.6) is 0 Å². The highest BCUT2D eigenvalue weighted by atomic mass is 79.9. The quantitative estimate of drug-likeness (QED) is 0.828. The van der Waals surface area contributed by atoms with E-state index < -0.39 is 0 Å². The minimum Gasteiger partial charge on any atom is -0.354 e. The van der Waals surface area contributed by atoms with Crippen LogP contribution in [0.2, 0.25) is 0 Å². The molecule has 0 spiro atoms. The van der Waals surface area contributed by atoms with Gasteiger partial charge < -0.3 is 10.6 Å². The van der Waals surface area contributed by atoms with Crippen LogP contribution in [-0.4, -0.2) is 16.9 Å². The second kappa shape index (κ2) is 7.40. The summed E-state index contributed by atoms with van der Waals surface area (Å²) in [7, 11) is 0. The van der Waals surface area contributed by atoms with Crippen molar-refractivity contribution in [1.82, 2.24) is 10.3 Å². The molecule has 4 nitrogen and oxygen atoms in total. The number of aromatic nitrogens is 1. The summed E-state index contributed by atoms with van der Waals surface area (Å²) in [5, 5.41) is 6.21. The van der Waals surface area contributed by atoms with Gasteiger partial charge in [0.15, 0.2) is 0 Å². The average Bonchev–Trinajstić information content (AvgIpc) is 2.50. The molecule has 1 atom stereocenters. The predicted molar refractivity (Wildman–Crippen MR) is 93.6 cm³/mol. The first-order valence-corrected chi connectivity index (χ1v) is 8.09. The van der Waals surface area contributed by atoms with E-state index in [-0.39, 0.29) is 11.9 Å². The third-order valence-corrected chi connectivity index (χ3v) is 3.95. The van der Waals surface area contributed by atoms with Crippen molar-refractivity contribution in [3.63, 3.8) is 0 Å². The van der Waals surface area contributed by atoms with Gasteiger partial charge in [-0.15, -0.1) is 0 Å². The summed E-state index contributed by atoms with van der Waals surface area (Å²) >= 11 is 3.45. The number of rotatable bonds is 5. The molecule has 0 aliphatic carbocycles. The van der Waals surface area contributed by atoms with Crippen molar-refractivity contribution in [2.75, 3.05) is 5.32 Å². The van der Waals surface area contributed by atoms with E-state index in [9.17, 15) is 4.79 Å². The molecule has 0 radical (unpaired) electrons. The Bertz CT molecular complexity index is 655. The Hall–Kier alpha value is -1.88. The normalized spacial score (nSPS) is 11.8. The SMILES string of the molecule is CCC(C)NC(=O)c1ccc(Nc2ccc(Br)cc2C)cn1. The van der Waals surface area contributed by atoms with E-state index in [2.05, 4.69) is 31.5 Å². The van der Waals surface area contributed by atoms with Gasteiger partial charge in [0.2, 0.25) is 0 Å². The molecule has 1 aromatic carbocycles. The molecule has 0 saturated carbocycles. The Morgan fingerprint density at radius 1 is 1.32 bits per heavy atom. The molecule has 116 valence electrons. The fraction of sp³-hybridized carbons (Fsp3) is 0.294. The summed E-state index contributed by atoms with van der Waals surface area (Å²) in [5.41, 5.74) is 3.43. The second-order valence-electron chi connectivity index (χ2n) is 5.30. The summed E-state index contributed by atoms with van der Waals surface area (Å²) in [6.45, 7) is 6.05. The molecule has 1 aromatic heterocycles. The molecular weight excluding hydrogens is 342 g/mol. The van der Waals surface area contributed by atoms with Crippen LogP contribution >= 0.6 is 15.9 Å². The lowest BCUT2D eigenvalue weighted by atomic mass is 10.2. The topological polar surface area (TPSA) is 54.0 Å². The van der Waals surface area contributed by atoms with Gasteiger partial charge in [-0.05, 0) is 56.2 Å². The molecule has 0 bridgehead atoms. The van der Waals surface area contributed by atoms with Crippen molar-refractivity contribution in [2.45, 2.75) is 33.2 Å². The van der Waals surface area contributed by atoms with Gasteiger partial charge in [-0.1, -0.05) is 22.9 Å². The zero-order valence-electron chi connectivity index (χ0n) is 13.0. The van der Waals surface area contributed by atoms with Crippen LogP contribution in [0.3, 0.4) is 0 Å². The number of anilines is 2. The first-order chi connectivity index (χ1) is 10.5. The molecule has 22 heavy (non-hydrogen) atoms. The number of pyridine rings is 1. The zero-order valence-corrected chi connectivity index (χ0v) is 14.6. The number of carbonyl (C=O) groups excluding carboxylic acids is 1. The monoisotopic (exact) mass is 361 g/mol. The van der Waals surface area contributed by atoms with Crippen molar-refractivity contribution >= 4 is 33.2 Å². The molecule has 0 saturated heterocycles. The fourth-order valence-corrected chi connectivity index (χ4v) is 2.40. The second-order valence-corrected chi connectivity index (χ2v) is 6.21. The summed E-state index contributed by atoms with van der Waals surface area (Å²) in [6, 6.07) is 9.77. The van der Waals surface area contributed by atoms with E-state index in [4.69, 9.17) is 0 Å². The van der Waals surface area contributed by atoms with E-state index >= 15 is 0 Å². The van der Waals surface area contributed by atoms with Crippen molar-refractivity contribution in [1.29, 1.82) is 0 Å². The highest BCUT2D eigenvalue weighted by molar-refractivity contribution is 9.10. The number of nitrogens with one attached hydrogen (secondary N) is 2.